The number of alkyl halides is 3. The Labute approximate surface area is 253 Å². The highest BCUT2D eigenvalue weighted by atomic mass is 35.5. The molecule has 3 rings (SSSR count). The first-order valence-electron chi connectivity index (χ1n) is 12.9. The van der Waals surface area contributed by atoms with Crippen molar-refractivity contribution in [3.8, 4) is 0 Å². The first kappa shape index (κ1) is 33.2. The summed E-state index contributed by atoms with van der Waals surface area (Å²) in [6.07, 6.45) is -4.73. The minimum Gasteiger partial charge on any atom is -0.352 e. The van der Waals surface area contributed by atoms with Crippen LogP contribution in [-0.2, 0) is 32.3 Å². The Morgan fingerprint density at radius 2 is 1.55 bits per heavy atom. The molecule has 7 nitrogen and oxygen atoms in total. The maximum atomic E-state index is 14.0. The molecule has 0 aliphatic rings. The van der Waals surface area contributed by atoms with Crippen LogP contribution < -0.4 is 9.62 Å². The van der Waals surface area contributed by atoms with Crippen LogP contribution in [0.5, 0.6) is 0 Å². The van der Waals surface area contributed by atoms with E-state index in [1.54, 1.807) is 51.1 Å². The molecule has 0 saturated heterocycles. The first-order valence-corrected chi connectivity index (χ1v) is 15.1. The van der Waals surface area contributed by atoms with Gasteiger partial charge < -0.3 is 10.2 Å². The van der Waals surface area contributed by atoms with Gasteiger partial charge in [-0.1, -0.05) is 66.5 Å². The van der Waals surface area contributed by atoms with Crippen LogP contribution in [0.2, 0.25) is 10.0 Å². The van der Waals surface area contributed by atoms with Crippen LogP contribution in [0.1, 0.15) is 38.3 Å². The Balaban J connectivity index is 2.15. The summed E-state index contributed by atoms with van der Waals surface area (Å²) in [6.45, 7) is 4.11. The van der Waals surface area contributed by atoms with Crippen molar-refractivity contribution in [2.45, 2.75) is 56.9 Å². The summed E-state index contributed by atoms with van der Waals surface area (Å²) in [5.41, 5.74) is -1.20. The molecule has 3 aromatic carbocycles. The van der Waals surface area contributed by atoms with Gasteiger partial charge in [0.25, 0.3) is 10.0 Å². The second-order valence-electron chi connectivity index (χ2n) is 9.69. The molecule has 42 heavy (non-hydrogen) atoms. The van der Waals surface area contributed by atoms with Gasteiger partial charge in [-0.2, -0.15) is 13.2 Å². The average Bonchev–Trinajstić information content (AvgIpc) is 2.92. The molecule has 2 amide bonds. The van der Waals surface area contributed by atoms with Crippen LogP contribution in [0.25, 0.3) is 0 Å². The maximum Gasteiger partial charge on any atom is 0.417 e. The van der Waals surface area contributed by atoms with E-state index in [0.717, 1.165) is 12.1 Å². The second kappa shape index (κ2) is 13.8. The third-order valence-electron chi connectivity index (χ3n) is 6.27. The molecule has 0 spiro atoms. The quantitative estimate of drug-likeness (QED) is 0.257. The SMILES string of the molecule is CC[C@H](C(=O)NC(C)C)N(Cc1ccccc1Cl)C(=O)CN(c1ccc(Cl)c(C(F)(F)F)c1)S(=O)(=O)c1ccccc1. The van der Waals surface area contributed by atoms with E-state index < -0.39 is 56.9 Å². The monoisotopic (exact) mass is 643 g/mol. The molecule has 3 aromatic rings. The molecule has 0 bridgehead atoms. The number of nitrogens with one attached hydrogen (secondary N) is 1. The van der Waals surface area contributed by atoms with Crippen LogP contribution >= 0.6 is 23.2 Å². The van der Waals surface area contributed by atoms with Gasteiger partial charge in [0.15, 0.2) is 0 Å². The molecule has 0 aromatic heterocycles. The van der Waals surface area contributed by atoms with Gasteiger partial charge in [0.05, 0.1) is 21.2 Å². The number of amides is 2. The summed E-state index contributed by atoms with van der Waals surface area (Å²) in [5, 5.41) is 2.45. The Morgan fingerprint density at radius 3 is 2.12 bits per heavy atom. The number of carbonyl (C=O) groups excluding carboxylic acids is 2. The largest absolute Gasteiger partial charge is 0.417 e. The highest BCUT2D eigenvalue weighted by Gasteiger charge is 2.37. The molecule has 0 aliphatic carbocycles. The standard InChI is InChI=1S/C29H30Cl2F3N3O4S/c1-4-26(28(39)35-19(2)3)36(17-20-10-8-9-13-24(20)30)27(38)18-37(42(40,41)22-11-6-5-7-12-22)21-14-15-25(31)23(16-21)29(32,33)34/h5-16,19,26H,4,17-18H2,1-3H3,(H,35,39)/t26-/m1/s1. The fourth-order valence-electron chi connectivity index (χ4n) is 4.24. The predicted molar refractivity (Wildman–Crippen MR) is 157 cm³/mol. The van der Waals surface area contributed by atoms with E-state index in [9.17, 15) is 31.2 Å². The average molecular weight is 645 g/mol. The summed E-state index contributed by atoms with van der Waals surface area (Å²) < 4.78 is 69.4. The first-order chi connectivity index (χ1) is 19.7. The van der Waals surface area contributed by atoms with E-state index in [1.165, 1.54) is 29.2 Å². The van der Waals surface area contributed by atoms with Gasteiger partial charge in [0, 0.05) is 17.6 Å². The van der Waals surface area contributed by atoms with E-state index in [2.05, 4.69) is 5.32 Å². The molecule has 0 aliphatic heterocycles. The van der Waals surface area contributed by atoms with Crippen LogP contribution in [-0.4, -0.2) is 43.8 Å². The van der Waals surface area contributed by atoms with E-state index in [-0.39, 0.29) is 23.9 Å². The van der Waals surface area contributed by atoms with Gasteiger partial charge >= 0.3 is 6.18 Å². The number of sulfonamides is 1. The predicted octanol–water partition coefficient (Wildman–Crippen LogP) is 6.54. The zero-order valence-electron chi connectivity index (χ0n) is 23.0. The Hall–Kier alpha value is -3.28. The molecule has 0 fully saturated rings. The number of halogens is 5. The molecule has 0 heterocycles. The number of hydrogen-bond donors (Lipinski definition) is 1. The van der Waals surface area contributed by atoms with Gasteiger partial charge in [-0.3, -0.25) is 13.9 Å². The van der Waals surface area contributed by atoms with Gasteiger partial charge in [-0.05, 0) is 62.2 Å². The molecule has 1 atom stereocenters. The minimum atomic E-state index is -4.89. The number of anilines is 1. The summed E-state index contributed by atoms with van der Waals surface area (Å²) in [4.78, 5) is 28.1. The van der Waals surface area contributed by atoms with Crippen molar-refractivity contribution in [1.29, 1.82) is 0 Å². The number of benzene rings is 3. The van der Waals surface area contributed by atoms with Gasteiger partial charge in [-0.15, -0.1) is 0 Å². The number of hydrogen-bond acceptors (Lipinski definition) is 4. The lowest BCUT2D eigenvalue weighted by atomic mass is 10.1. The van der Waals surface area contributed by atoms with E-state index in [1.807, 2.05) is 0 Å². The lowest BCUT2D eigenvalue weighted by Crippen LogP contribution is -2.53. The lowest BCUT2D eigenvalue weighted by molar-refractivity contribution is -0.140. The molecular formula is C29H30Cl2F3N3O4S. The molecule has 226 valence electrons. The number of carbonyl (C=O) groups is 2. The maximum absolute atomic E-state index is 14.0. The molecular weight excluding hydrogens is 614 g/mol. The smallest absolute Gasteiger partial charge is 0.352 e. The zero-order valence-corrected chi connectivity index (χ0v) is 25.4. The van der Waals surface area contributed by atoms with Crippen molar-refractivity contribution < 1.29 is 31.2 Å². The van der Waals surface area contributed by atoms with Crippen LogP contribution in [0.3, 0.4) is 0 Å². The van der Waals surface area contributed by atoms with E-state index in [4.69, 9.17) is 23.2 Å². The highest BCUT2D eigenvalue weighted by Crippen LogP contribution is 2.38. The van der Waals surface area contributed by atoms with Crippen molar-refractivity contribution in [2.24, 2.45) is 0 Å². The van der Waals surface area contributed by atoms with Crippen molar-refractivity contribution in [1.82, 2.24) is 10.2 Å². The number of rotatable bonds is 11. The fourth-order valence-corrected chi connectivity index (χ4v) is 6.09. The Kier molecular flexibility index (Phi) is 10.9. The number of nitrogens with zero attached hydrogens (tertiary/aromatic N) is 2. The normalized spacial score (nSPS) is 12.6. The van der Waals surface area contributed by atoms with Crippen molar-refractivity contribution in [3.63, 3.8) is 0 Å². The van der Waals surface area contributed by atoms with Gasteiger partial charge in [0.1, 0.15) is 12.6 Å². The summed E-state index contributed by atoms with van der Waals surface area (Å²) in [5.74, 6) is -1.31. The lowest BCUT2D eigenvalue weighted by Gasteiger charge is -2.34. The third-order valence-corrected chi connectivity index (χ3v) is 8.76. The zero-order chi connectivity index (χ0) is 31.2. The van der Waals surface area contributed by atoms with Gasteiger partial charge in [0.2, 0.25) is 11.8 Å². The summed E-state index contributed by atoms with van der Waals surface area (Å²) in [6, 6.07) is 14.9. The summed E-state index contributed by atoms with van der Waals surface area (Å²) >= 11 is 12.1. The van der Waals surface area contributed by atoms with Gasteiger partial charge in [-0.25, -0.2) is 8.42 Å². The van der Waals surface area contributed by atoms with Crippen LogP contribution in [0, 0.1) is 0 Å². The Bertz CT molecular complexity index is 1520. The van der Waals surface area contributed by atoms with Crippen molar-refractivity contribution in [3.05, 3.63) is 94.0 Å². The second-order valence-corrected chi connectivity index (χ2v) is 12.4. The van der Waals surface area contributed by atoms with Crippen molar-refractivity contribution >= 4 is 50.7 Å². The molecule has 0 unspecified atom stereocenters. The fraction of sp³-hybridized carbons (Fsp3) is 0.310. The molecule has 13 heteroatoms. The van der Waals surface area contributed by atoms with E-state index in [0.29, 0.717) is 21.0 Å². The molecule has 1 N–H and O–H groups in total. The van der Waals surface area contributed by atoms with Crippen LogP contribution in [0.4, 0.5) is 18.9 Å². The Morgan fingerprint density at radius 1 is 0.929 bits per heavy atom. The third kappa shape index (κ3) is 7.96. The molecule has 0 saturated carbocycles. The highest BCUT2D eigenvalue weighted by molar-refractivity contribution is 7.92. The van der Waals surface area contributed by atoms with Crippen molar-refractivity contribution in [2.75, 3.05) is 10.8 Å². The topological polar surface area (TPSA) is 86.8 Å². The van der Waals surface area contributed by atoms with E-state index >= 15 is 0 Å². The summed E-state index contributed by atoms with van der Waals surface area (Å²) in [7, 11) is -4.56. The van der Waals surface area contributed by atoms with Crippen LogP contribution in [0.15, 0.2) is 77.7 Å². The minimum absolute atomic E-state index is 0.157. The molecule has 0 radical (unpaired) electrons.